The first kappa shape index (κ1) is 12.2. The summed E-state index contributed by atoms with van der Waals surface area (Å²) in [4.78, 5) is 14.5. The Kier molecular flexibility index (Phi) is 3.23. The third-order valence-corrected chi connectivity index (χ3v) is 3.81. The van der Waals surface area contributed by atoms with Crippen LogP contribution in [0.2, 0.25) is 0 Å². The van der Waals surface area contributed by atoms with Crippen LogP contribution in [0.5, 0.6) is 0 Å². The van der Waals surface area contributed by atoms with E-state index >= 15 is 0 Å². The molecule has 0 radical (unpaired) electrons. The number of nitrogens with zero attached hydrogens (tertiary/aromatic N) is 2. The number of rotatable bonds is 1. The number of likely N-dealkylation sites (tertiary alicyclic amines) is 1. The number of carbonyl (C=O) groups is 1. The van der Waals surface area contributed by atoms with Gasteiger partial charge in [0.1, 0.15) is 0 Å². The second-order valence-electron chi connectivity index (χ2n) is 5.33. The molecule has 1 aromatic carbocycles. The molecule has 1 N–H and O–H groups in total. The van der Waals surface area contributed by atoms with Gasteiger partial charge in [0.15, 0.2) is 5.69 Å². The van der Waals surface area contributed by atoms with Gasteiger partial charge in [-0.15, -0.1) is 0 Å². The Labute approximate surface area is 112 Å². The van der Waals surface area contributed by atoms with Gasteiger partial charge in [-0.2, -0.15) is 5.10 Å². The van der Waals surface area contributed by atoms with Gasteiger partial charge >= 0.3 is 0 Å². The molecule has 0 atom stereocenters. The fraction of sp³-hybridized carbons (Fsp3) is 0.467. The fourth-order valence-electron chi connectivity index (χ4n) is 2.71. The summed E-state index contributed by atoms with van der Waals surface area (Å²) in [7, 11) is 0. The predicted molar refractivity (Wildman–Crippen MR) is 75.2 cm³/mol. The van der Waals surface area contributed by atoms with E-state index in [9.17, 15) is 4.79 Å². The van der Waals surface area contributed by atoms with E-state index in [4.69, 9.17) is 0 Å². The van der Waals surface area contributed by atoms with Crippen molar-refractivity contribution in [1.29, 1.82) is 0 Å². The van der Waals surface area contributed by atoms with E-state index in [2.05, 4.69) is 10.2 Å². The van der Waals surface area contributed by atoms with E-state index in [1.807, 2.05) is 30.0 Å². The molecule has 0 unspecified atom stereocenters. The number of benzene rings is 1. The Morgan fingerprint density at radius 3 is 2.68 bits per heavy atom. The summed E-state index contributed by atoms with van der Waals surface area (Å²) in [6.45, 7) is 3.75. The second-order valence-corrected chi connectivity index (χ2v) is 5.33. The first-order valence-electron chi connectivity index (χ1n) is 7.00. The minimum atomic E-state index is 0.0683. The zero-order chi connectivity index (χ0) is 13.2. The van der Waals surface area contributed by atoms with Crippen molar-refractivity contribution >= 4 is 16.8 Å². The van der Waals surface area contributed by atoms with Gasteiger partial charge in [-0.3, -0.25) is 9.89 Å². The number of aryl methyl sites for hydroxylation is 1. The lowest BCUT2D eigenvalue weighted by Gasteiger charge is -2.19. The standard InChI is InChI=1S/C15H19N3O/c1-11-6-7-13-12(10-11)14(17-16-13)15(19)18-8-4-2-3-5-9-18/h6-7,10H,2-5,8-9H2,1H3,(H,16,17). The lowest BCUT2D eigenvalue weighted by Crippen LogP contribution is -2.32. The summed E-state index contributed by atoms with van der Waals surface area (Å²) >= 11 is 0. The zero-order valence-electron chi connectivity index (χ0n) is 11.3. The van der Waals surface area contributed by atoms with Crippen LogP contribution in [0, 0.1) is 6.92 Å². The van der Waals surface area contributed by atoms with Crippen molar-refractivity contribution < 1.29 is 4.79 Å². The first-order valence-corrected chi connectivity index (χ1v) is 7.00. The molecule has 1 amide bonds. The van der Waals surface area contributed by atoms with Gasteiger partial charge in [0, 0.05) is 18.5 Å². The summed E-state index contributed by atoms with van der Waals surface area (Å²) in [5.74, 6) is 0.0683. The smallest absolute Gasteiger partial charge is 0.274 e. The summed E-state index contributed by atoms with van der Waals surface area (Å²) < 4.78 is 0. The van der Waals surface area contributed by atoms with Gasteiger partial charge in [-0.1, -0.05) is 24.5 Å². The van der Waals surface area contributed by atoms with Crippen molar-refractivity contribution in [1.82, 2.24) is 15.1 Å². The van der Waals surface area contributed by atoms with Crippen LogP contribution >= 0.6 is 0 Å². The van der Waals surface area contributed by atoms with Crippen molar-refractivity contribution in [2.75, 3.05) is 13.1 Å². The molecule has 0 bridgehead atoms. The number of fused-ring (bicyclic) bond motifs is 1. The van der Waals surface area contributed by atoms with Crippen LogP contribution in [0.3, 0.4) is 0 Å². The van der Waals surface area contributed by atoms with Gasteiger partial charge in [0.25, 0.3) is 5.91 Å². The van der Waals surface area contributed by atoms with E-state index < -0.39 is 0 Å². The monoisotopic (exact) mass is 257 g/mol. The average Bonchev–Trinajstić information content (AvgIpc) is 2.64. The molecule has 1 aromatic heterocycles. The summed E-state index contributed by atoms with van der Waals surface area (Å²) in [6, 6.07) is 6.04. The molecule has 2 heterocycles. The van der Waals surface area contributed by atoms with Crippen molar-refractivity contribution in [3.8, 4) is 0 Å². The van der Waals surface area contributed by atoms with E-state index in [-0.39, 0.29) is 5.91 Å². The Bertz CT molecular complexity index is 594. The SMILES string of the molecule is Cc1ccc2[nH]nc(C(=O)N3CCCCCC3)c2c1. The Morgan fingerprint density at radius 1 is 1.21 bits per heavy atom. The highest BCUT2D eigenvalue weighted by Gasteiger charge is 2.21. The largest absolute Gasteiger partial charge is 0.337 e. The minimum absolute atomic E-state index is 0.0683. The Balaban J connectivity index is 1.94. The lowest BCUT2D eigenvalue weighted by molar-refractivity contribution is 0.0757. The molecule has 3 rings (SSSR count). The molecule has 1 aliphatic heterocycles. The van der Waals surface area contributed by atoms with E-state index in [0.717, 1.165) is 42.4 Å². The second kappa shape index (κ2) is 5.03. The Morgan fingerprint density at radius 2 is 1.95 bits per heavy atom. The maximum Gasteiger partial charge on any atom is 0.274 e. The quantitative estimate of drug-likeness (QED) is 0.854. The molecule has 4 heteroatoms. The number of hydrogen-bond donors (Lipinski definition) is 1. The van der Waals surface area contributed by atoms with Crippen molar-refractivity contribution in [3.05, 3.63) is 29.5 Å². The molecule has 4 nitrogen and oxygen atoms in total. The van der Waals surface area contributed by atoms with Crippen LogP contribution in [-0.2, 0) is 0 Å². The number of amides is 1. The Hall–Kier alpha value is -1.84. The molecule has 0 saturated carbocycles. The molecule has 19 heavy (non-hydrogen) atoms. The lowest BCUT2D eigenvalue weighted by atomic mass is 10.1. The average molecular weight is 257 g/mol. The molecule has 2 aromatic rings. The van der Waals surface area contributed by atoms with Crippen LogP contribution in [0.4, 0.5) is 0 Å². The van der Waals surface area contributed by atoms with Crippen LogP contribution in [0.25, 0.3) is 10.9 Å². The predicted octanol–water partition coefficient (Wildman–Crippen LogP) is 2.89. The van der Waals surface area contributed by atoms with Gasteiger partial charge in [0.05, 0.1) is 5.52 Å². The fourth-order valence-corrected chi connectivity index (χ4v) is 2.71. The van der Waals surface area contributed by atoms with E-state index in [1.54, 1.807) is 0 Å². The summed E-state index contributed by atoms with van der Waals surface area (Å²) in [5, 5.41) is 8.12. The van der Waals surface area contributed by atoms with Gasteiger partial charge < -0.3 is 4.90 Å². The van der Waals surface area contributed by atoms with Gasteiger partial charge in [0.2, 0.25) is 0 Å². The highest BCUT2D eigenvalue weighted by molar-refractivity contribution is 6.04. The van der Waals surface area contributed by atoms with Gasteiger partial charge in [-0.05, 0) is 31.9 Å². The third-order valence-electron chi connectivity index (χ3n) is 3.81. The van der Waals surface area contributed by atoms with Gasteiger partial charge in [-0.25, -0.2) is 0 Å². The van der Waals surface area contributed by atoms with Crippen LogP contribution in [-0.4, -0.2) is 34.1 Å². The van der Waals surface area contributed by atoms with Crippen molar-refractivity contribution in [2.45, 2.75) is 32.6 Å². The number of nitrogens with one attached hydrogen (secondary N) is 1. The highest BCUT2D eigenvalue weighted by Crippen LogP contribution is 2.20. The van der Waals surface area contributed by atoms with Crippen LogP contribution in [0.1, 0.15) is 41.7 Å². The molecule has 0 aliphatic carbocycles. The highest BCUT2D eigenvalue weighted by atomic mass is 16.2. The molecular weight excluding hydrogens is 238 g/mol. The maximum atomic E-state index is 12.6. The molecule has 100 valence electrons. The number of hydrogen-bond acceptors (Lipinski definition) is 2. The first-order chi connectivity index (χ1) is 9.25. The number of aromatic amines is 1. The molecule has 1 saturated heterocycles. The summed E-state index contributed by atoms with van der Waals surface area (Å²) in [6.07, 6.45) is 4.66. The number of carbonyl (C=O) groups excluding carboxylic acids is 1. The van der Waals surface area contributed by atoms with E-state index in [0.29, 0.717) is 5.69 Å². The number of aromatic nitrogens is 2. The number of H-pyrrole nitrogens is 1. The van der Waals surface area contributed by atoms with Crippen molar-refractivity contribution in [2.24, 2.45) is 0 Å². The topological polar surface area (TPSA) is 49.0 Å². The minimum Gasteiger partial charge on any atom is -0.337 e. The molecule has 1 fully saturated rings. The molecule has 0 spiro atoms. The van der Waals surface area contributed by atoms with Crippen LogP contribution in [0.15, 0.2) is 18.2 Å². The zero-order valence-corrected chi connectivity index (χ0v) is 11.3. The third kappa shape index (κ3) is 2.35. The normalized spacial score (nSPS) is 16.6. The maximum absolute atomic E-state index is 12.6. The summed E-state index contributed by atoms with van der Waals surface area (Å²) in [5.41, 5.74) is 2.66. The molecular formula is C15H19N3O. The van der Waals surface area contributed by atoms with Crippen LogP contribution < -0.4 is 0 Å². The van der Waals surface area contributed by atoms with E-state index in [1.165, 1.54) is 12.8 Å². The van der Waals surface area contributed by atoms with Crippen molar-refractivity contribution in [3.63, 3.8) is 0 Å². The molecule has 1 aliphatic rings.